The van der Waals surface area contributed by atoms with Crippen molar-refractivity contribution in [2.45, 2.75) is 57.1 Å². The Morgan fingerprint density at radius 3 is 2.59 bits per heavy atom. The van der Waals surface area contributed by atoms with Crippen LogP contribution in [0.15, 0.2) is 18.2 Å². The maximum atomic E-state index is 6.12. The van der Waals surface area contributed by atoms with E-state index in [9.17, 15) is 0 Å². The number of hydrogen-bond acceptors (Lipinski definition) is 2. The van der Waals surface area contributed by atoms with Gasteiger partial charge in [-0.3, -0.25) is 0 Å². The molecule has 0 aromatic heterocycles. The van der Waals surface area contributed by atoms with Gasteiger partial charge in [-0.1, -0.05) is 12.1 Å². The van der Waals surface area contributed by atoms with E-state index < -0.39 is 0 Å². The fraction of sp³-hybridized carbons (Fsp3) is 0.600. The standard InChI is InChI=1S/C15H21NO/c1-10(16)15(6-7-15)12-5-4-11-9-14(2,3)17-13(11)8-12/h4-5,8,10H,6-7,9,16H2,1-3H3. The fourth-order valence-corrected chi connectivity index (χ4v) is 3.04. The number of fused-ring (bicyclic) bond motifs is 1. The predicted molar refractivity (Wildman–Crippen MR) is 69.4 cm³/mol. The first-order valence-electron chi connectivity index (χ1n) is 6.51. The van der Waals surface area contributed by atoms with E-state index in [1.807, 2.05) is 0 Å². The number of benzene rings is 1. The molecular weight excluding hydrogens is 210 g/mol. The van der Waals surface area contributed by atoms with Gasteiger partial charge >= 0.3 is 0 Å². The second kappa shape index (κ2) is 3.26. The van der Waals surface area contributed by atoms with Crippen molar-refractivity contribution < 1.29 is 4.74 Å². The highest BCUT2D eigenvalue weighted by Crippen LogP contribution is 2.51. The lowest BCUT2D eigenvalue weighted by atomic mass is 9.88. The van der Waals surface area contributed by atoms with Crippen molar-refractivity contribution in [2.75, 3.05) is 0 Å². The van der Waals surface area contributed by atoms with Crippen LogP contribution in [0.5, 0.6) is 5.75 Å². The van der Waals surface area contributed by atoms with Crippen molar-refractivity contribution in [1.82, 2.24) is 0 Å². The normalized spacial score (nSPS) is 24.9. The number of rotatable bonds is 2. The third kappa shape index (κ3) is 1.66. The van der Waals surface area contributed by atoms with E-state index in [0.29, 0.717) is 0 Å². The molecule has 17 heavy (non-hydrogen) atoms. The molecular formula is C15H21NO. The monoisotopic (exact) mass is 231 g/mol. The molecule has 2 nitrogen and oxygen atoms in total. The van der Waals surface area contributed by atoms with Crippen molar-refractivity contribution >= 4 is 0 Å². The molecule has 1 heterocycles. The molecule has 0 spiro atoms. The average molecular weight is 231 g/mol. The molecule has 1 unspecified atom stereocenters. The van der Waals surface area contributed by atoms with Gasteiger partial charge in [-0.05, 0) is 50.8 Å². The van der Waals surface area contributed by atoms with Crippen molar-refractivity contribution in [1.29, 1.82) is 0 Å². The summed E-state index contributed by atoms with van der Waals surface area (Å²) in [5.74, 6) is 1.07. The van der Waals surface area contributed by atoms with E-state index in [2.05, 4.69) is 39.0 Å². The first-order valence-corrected chi connectivity index (χ1v) is 6.51. The van der Waals surface area contributed by atoms with E-state index in [-0.39, 0.29) is 17.1 Å². The van der Waals surface area contributed by atoms with Gasteiger partial charge in [0, 0.05) is 17.9 Å². The highest BCUT2D eigenvalue weighted by atomic mass is 16.5. The van der Waals surface area contributed by atoms with Gasteiger partial charge in [0.05, 0.1) is 0 Å². The van der Waals surface area contributed by atoms with E-state index in [1.165, 1.54) is 24.0 Å². The topological polar surface area (TPSA) is 35.2 Å². The Kier molecular flexibility index (Phi) is 2.13. The summed E-state index contributed by atoms with van der Waals surface area (Å²) in [5, 5.41) is 0. The van der Waals surface area contributed by atoms with E-state index >= 15 is 0 Å². The summed E-state index contributed by atoms with van der Waals surface area (Å²) in [6.07, 6.45) is 3.44. The Morgan fingerprint density at radius 1 is 1.29 bits per heavy atom. The minimum atomic E-state index is -0.0496. The third-order valence-corrected chi connectivity index (χ3v) is 4.30. The lowest BCUT2D eigenvalue weighted by Crippen LogP contribution is -2.31. The lowest BCUT2D eigenvalue weighted by molar-refractivity contribution is 0.138. The van der Waals surface area contributed by atoms with Gasteiger partial charge in [-0.15, -0.1) is 0 Å². The largest absolute Gasteiger partial charge is 0.487 e. The Balaban J connectivity index is 1.97. The Bertz CT molecular complexity index is 458. The molecule has 1 atom stereocenters. The molecule has 1 fully saturated rings. The summed E-state index contributed by atoms with van der Waals surface area (Å²) in [6, 6.07) is 6.93. The molecule has 3 rings (SSSR count). The molecule has 1 aromatic carbocycles. The summed E-state index contributed by atoms with van der Waals surface area (Å²) in [7, 11) is 0. The van der Waals surface area contributed by atoms with Gasteiger partial charge in [-0.2, -0.15) is 0 Å². The molecule has 1 aliphatic carbocycles. The lowest BCUT2D eigenvalue weighted by Gasteiger charge is -2.21. The summed E-state index contributed by atoms with van der Waals surface area (Å²) in [6.45, 7) is 6.40. The zero-order chi connectivity index (χ0) is 12.3. The Labute approximate surface area is 103 Å². The van der Waals surface area contributed by atoms with Crippen LogP contribution in [0, 0.1) is 0 Å². The Hall–Kier alpha value is -1.02. The summed E-state index contributed by atoms with van der Waals surface area (Å²) in [4.78, 5) is 0. The highest BCUT2D eigenvalue weighted by Gasteiger charge is 2.48. The summed E-state index contributed by atoms with van der Waals surface area (Å²) in [5.41, 5.74) is 9.00. The first kappa shape index (κ1) is 11.1. The molecule has 2 N–H and O–H groups in total. The van der Waals surface area contributed by atoms with Gasteiger partial charge in [-0.25, -0.2) is 0 Å². The van der Waals surface area contributed by atoms with Crippen LogP contribution in [0.3, 0.4) is 0 Å². The predicted octanol–water partition coefficient (Wildman–Crippen LogP) is 2.78. The van der Waals surface area contributed by atoms with Crippen molar-refractivity contribution in [2.24, 2.45) is 5.73 Å². The molecule has 1 saturated carbocycles. The summed E-state index contributed by atoms with van der Waals surface area (Å²) < 4.78 is 6.00. The first-order chi connectivity index (χ1) is 7.93. The smallest absolute Gasteiger partial charge is 0.123 e. The van der Waals surface area contributed by atoms with Gasteiger partial charge in [0.15, 0.2) is 0 Å². The second-order valence-electron chi connectivity index (χ2n) is 6.31. The van der Waals surface area contributed by atoms with E-state index in [1.54, 1.807) is 0 Å². The van der Waals surface area contributed by atoms with Crippen molar-refractivity contribution in [3.05, 3.63) is 29.3 Å². The van der Waals surface area contributed by atoms with Gasteiger partial charge in [0.25, 0.3) is 0 Å². The second-order valence-corrected chi connectivity index (χ2v) is 6.31. The average Bonchev–Trinajstić information content (AvgIpc) is 2.95. The molecule has 0 amide bonds. The zero-order valence-electron chi connectivity index (χ0n) is 10.9. The molecule has 0 radical (unpaired) electrons. The number of hydrogen-bond donors (Lipinski definition) is 1. The molecule has 1 aromatic rings. The molecule has 92 valence electrons. The van der Waals surface area contributed by atoms with Gasteiger partial charge < -0.3 is 10.5 Å². The molecule has 1 aliphatic heterocycles. The maximum Gasteiger partial charge on any atom is 0.123 e. The minimum Gasteiger partial charge on any atom is -0.487 e. The van der Waals surface area contributed by atoms with Crippen molar-refractivity contribution in [3.63, 3.8) is 0 Å². The number of ether oxygens (including phenoxy) is 1. The molecule has 2 heteroatoms. The van der Waals surface area contributed by atoms with Crippen LogP contribution < -0.4 is 10.5 Å². The van der Waals surface area contributed by atoms with Crippen LogP contribution >= 0.6 is 0 Å². The van der Waals surface area contributed by atoms with E-state index in [4.69, 9.17) is 10.5 Å². The van der Waals surface area contributed by atoms with Crippen LogP contribution in [-0.2, 0) is 11.8 Å². The molecule has 0 bridgehead atoms. The van der Waals surface area contributed by atoms with Crippen LogP contribution in [0.2, 0.25) is 0 Å². The van der Waals surface area contributed by atoms with Crippen LogP contribution in [0.25, 0.3) is 0 Å². The van der Waals surface area contributed by atoms with E-state index in [0.717, 1.165) is 12.2 Å². The van der Waals surface area contributed by atoms with Gasteiger partial charge in [0.2, 0.25) is 0 Å². The molecule has 2 aliphatic rings. The Morgan fingerprint density at radius 2 is 2.00 bits per heavy atom. The number of nitrogens with two attached hydrogens (primary N) is 1. The van der Waals surface area contributed by atoms with Crippen LogP contribution in [0.1, 0.15) is 44.7 Å². The SMILES string of the molecule is CC(N)C1(c2ccc3c(c2)OC(C)(C)C3)CC1. The third-order valence-electron chi connectivity index (χ3n) is 4.30. The zero-order valence-corrected chi connectivity index (χ0v) is 10.9. The summed E-state index contributed by atoms with van der Waals surface area (Å²) >= 11 is 0. The fourth-order valence-electron chi connectivity index (χ4n) is 3.04. The van der Waals surface area contributed by atoms with Crippen molar-refractivity contribution in [3.8, 4) is 5.75 Å². The van der Waals surface area contributed by atoms with Crippen LogP contribution in [0.4, 0.5) is 0 Å². The highest BCUT2D eigenvalue weighted by molar-refractivity contribution is 5.46. The van der Waals surface area contributed by atoms with Crippen LogP contribution in [-0.4, -0.2) is 11.6 Å². The quantitative estimate of drug-likeness (QED) is 0.849. The molecule has 0 saturated heterocycles. The van der Waals surface area contributed by atoms with Gasteiger partial charge in [0.1, 0.15) is 11.4 Å². The minimum absolute atomic E-state index is 0.0496. The maximum absolute atomic E-state index is 6.12.